The molecule has 3 aromatic rings. The highest BCUT2D eigenvalue weighted by atomic mass is 16.1. The number of aromatic nitrogens is 4. The van der Waals surface area contributed by atoms with E-state index in [0.29, 0.717) is 11.4 Å². The molecule has 0 radical (unpaired) electrons. The van der Waals surface area contributed by atoms with Gasteiger partial charge in [0.25, 0.3) is 5.91 Å². The van der Waals surface area contributed by atoms with Gasteiger partial charge in [0.05, 0.1) is 5.69 Å². The third-order valence-electron chi connectivity index (χ3n) is 3.51. The van der Waals surface area contributed by atoms with Crippen molar-refractivity contribution in [3.05, 3.63) is 59.8 Å². The van der Waals surface area contributed by atoms with Gasteiger partial charge in [-0.05, 0) is 37.6 Å². The lowest BCUT2D eigenvalue weighted by molar-refractivity contribution is 0.102. The maximum atomic E-state index is 12.3. The van der Waals surface area contributed by atoms with Crippen LogP contribution >= 0.6 is 0 Å². The van der Waals surface area contributed by atoms with Gasteiger partial charge in [-0.25, -0.2) is 9.97 Å². The van der Waals surface area contributed by atoms with Crippen molar-refractivity contribution < 1.29 is 4.79 Å². The number of hydrogen-bond donors (Lipinski definition) is 2. The Hall–Kier alpha value is -3.02. The van der Waals surface area contributed by atoms with Crippen molar-refractivity contribution in [3.63, 3.8) is 0 Å². The van der Waals surface area contributed by atoms with Crippen LogP contribution in [0.3, 0.4) is 0 Å². The minimum Gasteiger partial charge on any atom is -0.321 e. The van der Waals surface area contributed by atoms with E-state index in [9.17, 15) is 4.79 Å². The molecule has 0 aliphatic heterocycles. The molecule has 0 aliphatic carbocycles. The fourth-order valence-corrected chi connectivity index (χ4v) is 2.11. The third kappa shape index (κ3) is 2.71. The van der Waals surface area contributed by atoms with Crippen LogP contribution in [0, 0.1) is 13.8 Å². The largest absolute Gasteiger partial charge is 0.321 e. The van der Waals surface area contributed by atoms with Crippen molar-refractivity contribution in [2.45, 2.75) is 13.8 Å². The Morgan fingerprint density at radius 3 is 2.55 bits per heavy atom. The molecule has 6 heteroatoms. The molecule has 0 saturated heterocycles. The first-order chi connectivity index (χ1) is 10.6. The zero-order chi connectivity index (χ0) is 15.5. The lowest BCUT2D eigenvalue weighted by Gasteiger charge is -2.08. The second-order valence-corrected chi connectivity index (χ2v) is 4.93. The highest BCUT2D eigenvalue weighted by molar-refractivity contribution is 6.03. The van der Waals surface area contributed by atoms with Gasteiger partial charge in [-0.3, -0.25) is 9.89 Å². The minimum atomic E-state index is -0.239. The molecular formula is C16H15N5O. The molecule has 2 aromatic heterocycles. The number of H-pyrrole nitrogens is 1. The molecule has 2 N–H and O–H groups in total. The summed E-state index contributed by atoms with van der Waals surface area (Å²) in [5, 5.41) is 9.66. The normalized spacial score (nSPS) is 10.5. The van der Waals surface area contributed by atoms with Crippen molar-refractivity contribution in [2.75, 3.05) is 5.32 Å². The van der Waals surface area contributed by atoms with E-state index in [2.05, 4.69) is 25.5 Å². The molecule has 0 bridgehead atoms. The molecule has 2 heterocycles. The summed E-state index contributed by atoms with van der Waals surface area (Å²) in [5.74, 6) is -0.239. The van der Waals surface area contributed by atoms with E-state index in [1.54, 1.807) is 6.20 Å². The second-order valence-electron chi connectivity index (χ2n) is 4.93. The van der Waals surface area contributed by atoms with Crippen molar-refractivity contribution in [3.8, 4) is 11.3 Å². The molecule has 0 atom stereocenters. The molecular weight excluding hydrogens is 278 g/mol. The average molecular weight is 293 g/mol. The first kappa shape index (κ1) is 13.9. The Balaban J connectivity index is 1.78. The molecule has 0 unspecified atom stereocenters. The number of nitrogens with one attached hydrogen (secondary N) is 2. The highest BCUT2D eigenvalue weighted by Crippen LogP contribution is 2.19. The zero-order valence-electron chi connectivity index (χ0n) is 12.3. The summed E-state index contributed by atoms with van der Waals surface area (Å²) in [7, 11) is 0. The SMILES string of the molecule is Cc1ncnc(C(=O)Nc2ccc(-c3ccn[nH]3)cc2)c1C. The molecule has 1 aromatic carbocycles. The summed E-state index contributed by atoms with van der Waals surface area (Å²) in [5.41, 5.74) is 4.63. The molecule has 0 aliphatic rings. The van der Waals surface area contributed by atoms with Gasteiger partial charge in [-0.15, -0.1) is 0 Å². The Kier molecular flexibility index (Phi) is 3.65. The van der Waals surface area contributed by atoms with Crippen LogP contribution < -0.4 is 5.32 Å². The molecule has 22 heavy (non-hydrogen) atoms. The van der Waals surface area contributed by atoms with E-state index >= 15 is 0 Å². The van der Waals surface area contributed by atoms with Gasteiger partial charge < -0.3 is 5.32 Å². The number of aryl methyl sites for hydroxylation is 1. The van der Waals surface area contributed by atoms with Crippen molar-refractivity contribution in [1.29, 1.82) is 0 Å². The lowest BCUT2D eigenvalue weighted by Crippen LogP contribution is -2.16. The maximum absolute atomic E-state index is 12.3. The van der Waals surface area contributed by atoms with E-state index in [1.165, 1.54) is 6.33 Å². The van der Waals surface area contributed by atoms with Crippen molar-refractivity contribution >= 4 is 11.6 Å². The fourth-order valence-electron chi connectivity index (χ4n) is 2.11. The summed E-state index contributed by atoms with van der Waals surface area (Å²) in [6, 6.07) is 9.41. The third-order valence-corrected chi connectivity index (χ3v) is 3.51. The zero-order valence-corrected chi connectivity index (χ0v) is 12.3. The topological polar surface area (TPSA) is 83.6 Å². The number of amides is 1. The number of anilines is 1. The number of hydrogen-bond acceptors (Lipinski definition) is 4. The number of carbonyl (C=O) groups is 1. The van der Waals surface area contributed by atoms with E-state index in [1.807, 2.05) is 44.2 Å². The number of nitrogens with zero attached hydrogens (tertiary/aromatic N) is 3. The highest BCUT2D eigenvalue weighted by Gasteiger charge is 2.13. The molecule has 3 rings (SSSR count). The molecule has 0 saturated carbocycles. The van der Waals surface area contributed by atoms with Crippen molar-refractivity contribution in [2.24, 2.45) is 0 Å². The lowest BCUT2D eigenvalue weighted by atomic mass is 10.1. The van der Waals surface area contributed by atoms with Gasteiger partial charge in [-0.2, -0.15) is 5.10 Å². The first-order valence-corrected chi connectivity index (χ1v) is 6.84. The Morgan fingerprint density at radius 2 is 1.86 bits per heavy atom. The fraction of sp³-hybridized carbons (Fsp3) is 0.125. The monoisotopic (exact) mass is 293 g/mol. The van der Waals surface area contributed by atoms with E-state index in [0.717, 1.165) is 22.5 Å². The van der Waals surface area contributed by atoms with Crippen molar-refractivity contribution in [1.82, 2.24) is 20.2 Å². The van der Waals surface area contributed by atoms with Gasteiger partial charge >= 0.3 is 0 Å². The van der Waals surface area contributed by atoms with E-state index in [4.69, 9.17) is 0 Å². The first-order valence-electron chi connectivity index (χ1n) is 6.84. The van der Waals surface area contributed by atoms with Gasteiger partial charge in [0.2, 0.25) is 0 Å². The summed E-state index contributed by atoms with van der Waals surface area (Å²) < 4.78 is 0. The maximum Gasteiger partial charge on any atom is 0.274 e. The summed E-state index contributed by atoms with van der Waals surface area (Å²) in [6.45, 7) is 3.69. The van der Waals surface area contributed by atoms with Crippen LogP contribution in [-0.2, 0) is 0 Å². The number of carbonyl (C=O) groups excluding carboxylic acids is 1. The summed E-state index contributed by atoms with van der Waals surface area (Å²) in [6.07, 6.45) is 3.10. The predicted molar refractivity (Wildman–Crippen MR) is 83.5 cm³/mol. The van der Waals surface area contributed by atoms with Gasteiger partial charge in [0.1, 0.15) is 12.0 Å². The van der Waals surface area contributed by atoms with Crippen LogP contribution in [0.1, 0.15) is 21.7 Å². The van der Waals surface area contributed by atoms with Crippen LogP contribution in [0.5, 0.6) is 0 Å². The molecule has 110 valence electrons. The number of rotatable bonds is 3. The van der Waals surface area contributed by atoms with Gasteiger partial charge in [0.15, 0.2) is 0 Å². The summed E-state index contributed by atoms with van der Waals surface area (Å²) in [4.78, 5) is 20.4. The summed E-state index contributed by atoms with van der Waals surface area (Å²) >= 11 is 0. The quantitative estimate of drug-likeness (QED) is 0.777. The Bertz CT molecular complexity index is 794. The molecule has 0 fully saturated rings. The van der Waals surface area contributed by atoms with Gasteiger partial charge in [-0.1, -0.05) is 12.1 Å². The Labute approximate surface area is 127 Å². The minimum absolute atomic E-state index is 0.239. The smallest absolute Gasteiger partial charge is 0.274 e. The average Bonchev–Trinajstić information content (AvgIpc) is 3.05. The van der Waals surface area contributed by atoms with Crippen LogP contribution in [0.25, 0.3) is 11.3 Å². The van der Waals surface area contributed by atoms with Crippen LogP contribution in [-0.4, -0.2) is 26.1 Å². The standard InChI is InChI=1S/C16H15N5O/c1-10-11(2)17-9-18-15(10)16(22)20-13-5-3-12(4-6-13)14-7-8-19-21-14/h3-9H,1-2H3,(H,19,21)(H,20,22). The Morgan fingerprint density at radius 1 is 1.09 bits per heavy atom. The second kappa shape index (κ2) is 5.77. The van der Waals surface area contributed by atoms with E-state index < -0.39 is 0 Å². The molecule has 0 spiro atoms. The molecule has 6 nitrogen and oxygen atoms in total. The van der Waals surface area contributed by atoms with Gasteiger partial charge in [0, 0.05) is 23.1 Å². The van der Waals surface area contributed by atoms with Crippen LogP contribution in [0.2, 0.25) is 0 Å². The number of aromatic amines is 1. The van der Waals surface area contributed by atoms with Crippen LogP contribution in [0.4, 0.5) is 5.69 Å². The number of benzene rings is 1. The van der Waals surface area contributed by atoms with E-state index in [-0.39, 0.29) is 5.91 Å². The molecule has 1 amide bonds. The predicted octanol–water partition coefficient (Wildman–Crippen LogP) is 2.74. The van der Waals surface area contributed by atoms with Crippen LogP contribution in [0.15, 0.2) is 42.9 Å².